The minimum absolute atomic E-state index is 0.00800. The van der Waals surface area contributed by atoms with Gasteiger partial charge in [0, 0.05) is 17.1 Å². The smallest absolute Gasteiger partial charge is 0.266 e. The minimum atomic E-state index is -0.163. The molecule has 0 fully saturated rings. The molecule has 5 rings (SSSR count). The molecule has 5 aromatic rings. The molecule has 0 spiro atoms. The van der Waals surface area contributed by atoms with Crippen LogP contribution in [0, 0.1) is 0 Å². The zero-order valence-electron chi connectivity index (χ0n) is 18.5. The lowest BCUT2D eigenvalue weighted by atomic mass is 10.0. The molecule has 6 heteroatoms. The van der Waals surface area contributed by atoms with Gasteiger partial charge >= 0.3 is 0 Å². The number of nitrogens with zero attached hydrogens (tertiary/aromatic N) is 3. The molecule has 1 amide bonds. The van der Waals surface area contributed by atoms with E-state index < -0.39 is 0 Å². The molecule has 0 aliphatic rings. The second-order valence-corrected chi connectivity index (χ2v) is 8.05. The van der Waals surface area contributed by atoms with E-state index in [4.69, 9.17) is 0 Å². The lowest BCUT2D eigenvalue weighted by Crippen LogP contribution is -2.36. The van der Waals surface area contributed by atoms with E-state index in [-0.39, 0.29) is 24.8 Å². The van der Waals surface area contributed by atoms with Gasteiger partial charge in [0.2, 0.25) is 12.1 Å². The summed E-state index contributed by atoms with van der Waals surface area (Å²) in [5.74, 6) is -0.155. The van der Waals surface area contributed by atoms with Crippen molar-refractivity contribution in [3.63, 3.8) is 0 Å². The fraction of sp³-hybridized carbons (Fsp3) is 0.0714. The number of imidazole rings is 1. The molecule has 0 atom stereocenters. The van der Waals surface area contributed by atoms with Crippen molar-refractivity contribution in [3.05, 3.63) is 115 Å². The first-order valence-electron chi connectivity index (χ1n) is 11.0. The molecule has 0 saturated carbocycles. The number of hydrogen-bond acceptors (Lipinski definition) is 3. The van der Waals surface area contributed by atoms with Crippen LogP contribution >= 0.6 is 0 Å². The van der Waals surface area contributed by atoms with Crippen molar-refractivity contribution in [2.24, 2.45) is 0 Å². The maximum absolute atomic E-state index is 12.7. The molecule has 0 aliphatic carbocycles. The van der Waals surface area contributed by atoms with Crippen LogP contribution in [-0.2, 0) is 17.9 Å². The zero-order valence-corrected chi connectivity index (χ0v) is 18.5. The highest BCUT2D eigenvalue weighted by molar-refractivity contribution is 6.00. The standard InChI is InChI=1S/C28H22N4O2/c33-26(23-13-11-22(12-14-23)21-6-2-1-3-7-21)18-31-16-17-32(20-31)19-27(34)30-25-10-4-8-24-9-5-15-29-28(24)25/h1-17,20H,18-19H2/p+1. The number of hydrogen-bond donors (Lipinski definition) is 1. The number of para-hydroxylation sites is 1. The Morgan fingerprint density at radius 2 is 1.62 bits per heavy atom. The largest absolute Gasteiger partial charge is 0.321 e. The summed E-state index contributed by atoms with van der Waals surface area (Å²) in [6.07, 6.45) is 7.05. The van der Waals surface area contributed by atoms with Crippen LogP contribution in [0.3, 0.4) is 0 Å². The number of amides is 1. The highest BCUT2D eigenvalue weighted by atomic mass is 16.2. The Bertz CT molecular complexity index is 1450. The Labute approximate surface area is 197 Å². The average molecular weight is 448 g/mol. The third-order valence-electron chi connectivity index (χ3n) is 5.62. The quantitative estimate of drug-likeness (QED) is 0.295. The third-order valence-corrected chi connectivity index (χ3v) is 5.62. The van der Waals surface area contributed by atoms with Gasteiger partial charge in [-0.3, -0.25) is 14.6 Å². The van der Waals surface area contributed by atoms with Crippen molar-refractivity contribution < 1.29 is 14.2 Å². The first kappa shape index (κ1) is 21.3. The van der Waals surface area contributed by atoms with Crippen LogP contribution < -0.4 is 9.88 Å². The van der Waals surface area contributed by atoms with E-state index in [1.807, 2.05) is 84.9 Å². The van der Waals surface area contributed by atoms with E-state index >= 15 is 0 Å². The Morgan fingerprint density at radius 1 is 0.853 bits per heavy atom. The maximum Gasteiger partial charge on any atom is 0.266 e. The summed E-state index contributed by atoms with van der Waals surface area (Å²) in [5.41, 5.74) is 4.28. The predicted octanol–water partition coefficient (Wildman–Crippen LogP) is 4.51. The molecule has 0 saturated heterocycles. The van der Waals surface area contributed by atoms with Gasteiger partial charge in [0.05, 0.1) is 11.2 Å². The van der Waals surface area contributed by atoms with Crippen LogP contribution in [0.4, 0.5) is 5.69 Å². The van der Waals surface area contributed by atoms with Gasteiger partial charge in [-0.05, 0) is 23.3 Å². The minimum Gasteiger partial charge on any atom is -0.321 e. The van der Waals surface area contributed by atoms with Gasteiger partial charge in [-0.15, -0.1) is 0 Å². The van der Waals surface area contributed by atoms with E-state index in [0.29, 0.717) is 11.3 Å². The Balaban J connectivity index is 1.21. The van der Waals surface area contributed by atoms with E-state index in [0.717, 1.165) is 22.0 Å². The van der Waals surface area contributed by atoms with Gasteiger partial charge in [0.15, 0.2) is 13.1 Å². The number of fused-ring (bicyclic) bond motifs is 1. The Kier molecular flexibility index (Phi) is 5.95. The maximum atomic E-state index is 12.7. The Hall–Kier alpha value is -4.58. The van der Waals surface area contributed by atoms with Crippen LogP contribution in [0.2, 0.25) is 0 Å². The highest BCUT2D eigenvalue weighted by Gasteiger charge is 2.14. The van der Waals surface area contributed by atoms with Gasteiger partial charge in [-0.25, -0.2) is 9.13 Å². The molecular formula is C28H23N4O2+. The normalized spacial score (nSPS) is 10.8. The van der Waals surface area contributed by atoms with Crippen LogP contribution in [0.15, 0.2) is 110 Å². The molecule has 1 N–H and O–H groups in total. The molecule has 0 bridgehead atoms. The average Bonchev–Trinajstić information content (AvgIpc) is 3.31. The number of ketones is 1. The number of benzene rings is 3. The van der Waals surface area contributed by atoms with E-state index in [9.17, 15) is 9.59 Å². The number of carbonyl (C=O) groups excluding carboxylic acids is 2. The van der Waals surface area contributed by atoms with E-state index in [1.54, 1.807) is 34.1 Å². The number of pyridine rings is 1. The first-order valence-corrected chi connectivity index (χ1v) is 11.0. The topological polar surface area (TPSA) is 67.9 Å². The molecule has 0 aliphatic heterocycles. The van der Waals surface area contributed by atoms with Crippen molar-refractivity contribution in [3.8, 4) is 11.1 Å². The van der Waals surface area contributed by atoms with Crippen molar-refractivity contribution in [1.29, 1.82) is 0 Å². The SMILES string of the molecule is O=C(Cn1cc[n+](CC(=O)c2ccc(-c3ccccc3)cc2)c1)Nc1cccc2cccnc12. The highest BCUT2D eigenvalue weighted by Crippen LogP contribution is 2.21. The van der Waals surface area contributed by atoms with Gasteiger partial charge in [0.25, 0.3) is 5.91 Å². The summed E-state index contributed by atoms with van der Waals surface area (Å²) in [4.78, 5) is 29.7. The van der Waals surface area contributed by atoms with Crippen LogP contribution in [0.25, 0.3) is 22.0 Å². The lowest BCUT2D eigenvalue weighted by molar-refractivity contribution is -0.682. The van der Waals surface area contributed by atoms with Crippen molar-refractivity contribution in [1.82, 2.24) is 9.55 Å². The van der Waals surface area contributed by atoms with Crippen LogP contribution in [0.5, 0.6) is 0 Å². The second kappa shape index (κ2) is 9.50. The molecule has 34 heavy (non-hydrogen) atoms. The van der Waals surface area contributed by atoms with E-state index in [1.165, 1.54) is 0 Å². The fourth-order valence-corrected chi connectivity index (χ4v) is 3.92. The number of nitrogens with one attached hydrogen (secondary N) is 1. The summed E-state index contributed by atoms with van der Waals surface area (Å²) in [6.45, 7) is 0.336. The molecule has 0 unspecified atom stereocenters. The number of rotatable bonds is 7. The number of carbonyl (C=O) groups is 2. The Morgan fingerprint density at radius 3 is 2.44 bits per heavy atom. The van der Waals surface area contributed by atoms with Crippen molar-refractivity contribution >= 4 is 28.3 Å². The molecule has 2 heterocycles. The van der Waals surface area contributed by atoms with Gasteiger partial charge in [-0.2, -0.15) is 0 Å². The molecule has 2 aromatic heterocycles. The summed E-state index contributed by atoms with van der Waals surface area (Å²) >= 11 is 0. The summed E-state index contributed by atoms with van der Waals surface area (Å²) in [7, 11) is 0. The first-order chi connectivity index (χ1) is 16.7. The number of anilines is 1. The molecule has 3 aromatic carbocycles. The molecule has 0 radical (unpaired) electrons. The zero-order chi connectivity index (χ0) is 23.3. The van der Waals surface area contributed by atoms with Gasteiger partial charge < -0.3 is 5.32 Å². The fourth-order valence-electron chi connectivity index (χ4n) is 3.92. The second-order valence-electron chi connectivity index (χ2n) is 8.05. The van der Waals surface area contributed by atoms with Crippen molar-refractivity contribution in [2.45, 2.75) is 13.1 Å². The summed E-state index contributed by atoms with van der Waals surface area (Å²) in [5, 5.41) is 3.90. The van der Waals surface area contributed by atoms with Gasteiger partial charge in [-0.1, -0.05) is 72.8 Å². The summed E-state index contributed by atoms with van der Waals surface area (Å²) in [6, 6.07) is 27.2. The third kappa shape index (κ3) is 4.76. The van der Waals surface area contributed by atoms with Crippen LogP contribution in [0.1, 0.15) is 10.4 Å². The van der Waals surface area contributed by atoms with Crippen LogP contribution in [-0.4, -0.2) is 21.2 Å². The van der Waals surface area contributed by atoms with Crippen molar-refractivity contribution in [2.75, 3.05) is 5.32 Å². The monoisotopic (exact) mass is 447 g/mol. The summed E-state index contributed by atoms with van der Waals surface area (Å²) < 4.78 is 3.53. The molecule has 6 nitrogen and oxygen atoms in total. The molecule has 166 valence electrons. The van der Waals surface area contributed by atoms with Gasteiger partial charge in [0.1, 0.15) is 12.4 Å². The van der Waals surface area contributed by atoms with E-state index in [2.05, 4.69) is 10.3 Å². The predicted molar refractivity (Wildman–Crippen MR) is 131 cm³/mol. The number of Topliss-reactive ketones (excluding diaryl/α,β-unsaturated/α-hetero) is 1. The molecular weight excluding hydrogens is 424 g/mol. The number of aromatic nitrogens is 3. The lowest BCUT2D eigenvalue weighted by Gasteiger charge is -2.06.